The lowest BCUT2D eigenvalue weighted by molar-refractivity contribution is -0.121. The lowest BCUT2D eigenvalue weighted by Gasteiger charge is -2.26. The molecule has 2 aromatic rings. The summed E-state index contributed by atoms with van der Waals surface area (Å²) in [4.78, 5) is 12.6. The Labute approximate surface area is 156 Å². The number of nitrogens with one attached hydrogen (secondary N) is 1. The third-order valence-electron chi connectivity index (χ3n) is 4.61. The second kappa shape index (κ2) is 7.91. The number of carbonyl (C=O) groups excluding carboxylic acids is 1. The Bertz CT molecular complexity index is 776. The highest BCUT2D eigenvalue weighted by Crippen LogP contribution is 2.34. The third kappa shape index (κ3) is 3.98. The van der Waals surface area contributed by atoms with Crippen LogP contribution in [0.25, 0.3) is 0 Å². The fraction of sp³-hybridized carbons (Fsp3) is 0.350. The van der Waals surface area contributed by atoms with Crippen molar-refractivity contribution in [2.75, 3.05) is 14.2 Å². The van der Waals surface area contributed by atoms with Gasteiger partial charge in [-0.25, -0.2) is 0 Å². The minimum absolute atomic E-state index is 0.00891. The first-order valence-electron chi connectivity index (χ1n) is 8.40. The maximum atomic E-state index is 12.6. The molecular weight excluding hydrogens is 382 g/mol. The number of ether oxygens (including phenoxy) is 2. The summed E-state index contributed by atoms with van der Waals surface area (Å²) in [5.41, 5.74) is 3.46. The van der Waals surface area contributed by atoms with Gasteiger partial charge in [0, 0.05) is 4.47 Å². The zero-order chi connectivity index (χ0) is 17.8. The van der Waals surface area contributed by atoms with E-state index in [-0.39, 0.29) is 11.9 Å². The maximum absolute atomic E-state index is 12.6. The SMILES string of the molecule is COc1cc(Br)c(CC(=O)N[C@@H]2CCCc3ccccc32)cc1OC. The van der Waals surface area contributed by atoms with Crippen LogP contribution in [0.3, 0.4) is 0 Å². The summed E-state index contributed by atoms with van der Waals surface area (Å²) in [7, 11) is 3.19. The van der Waals surface area contributed by atoms with E-state index in [1.54, 1.807) is 14.2 Å². The molecule has 0 saturated heterocycles. The Hall–Kier alpha value is -2.01. The van der Waals surface area contributed by atoms with Crippen molar-refractivity contribution in [3.05, 3.63) is 57.6 Å². The van der Waals surface area contributed by atoms with Crippen molar-refractivity contribution in [2.45, 2.75) is 31.7 Å². The van der Waals surface area contributed by atoms with Crippen LogP contribution in [0.15, 0.2) is 40.9 Å². The Balaban J connectivity index is 1.74. The predicted octanol–water partition coefficient (Wildman–Crippen LogP) is 4.20. The number of rotatable bonds is 5. The Morgan fingerprint density at radius 1 is 1.20 bits per heavy atom. The zero-order valence-electron chi connectivity index (χ0n) is 14.5. The van der Waals surface area contributed by atoms with Crippen molar-refractivity contribution in [3.63, 3.8) is 0 Å². The monoisotopic (exact) mass is 403 g/mol. The number of amides is 1. The van der Waals surface area contributed by atoms with Gasteiger partial charge >= 0.3 is 0 Å². The number of carbonyl (C=O) groups is 1. The third-order valence-corrected chi connectivity index (χ3v) is 5.35. The molecule has 25 heavy (non-hydrogen) atoms. The minimum atomic E-state index is 0.00891. The molecule has 1 aliphatic carbocycles. The van der Waals surface area contributed by atoms with Gasteiger partial charge in [0.15, 0.2) is 11.5 Å². The van der Waals surface area contributed by atoms with Gasteiger partial charge in [0.2, 0.25) is 5.91 Å². The van der Waals surface area contributed by atoms with Gasteiger partial charge in [-0.05, 0) is 48.1 Å². The van der Waals surface area contributed by atoms with Gasteiger partial charge in [-0.1, -0.05) is 40.2 Å². The number of aryl methyl sites for hydroxylation is 1. The topological polar surface area (TPSA) is 47.6 Å². The normalized spacial score (nSPS) is 16.0. The number of methoxy groups -OCH3 is 2. The molecule has 1 atom stereocenters. The van der Waals surface area contributed by atoms with Crippen LogP contribution in [0, 0.1) is 0 Å². The number of fused-ring (bicyclic) bond motifs is 1. The van der Waals surface area contributed by atoms with E-state index in [4.69, 9.17) is 9.47 Å². The van der Waals surface area contributed by atoms with Gasteiger partial charge in [0.25, 0.3) is 0 Å². The molecule has 0 unspecified atom stereocenters. The van der Waals surface area contributed by atoms with E-state index in [1.807, 2.05) is 18.2 Å². The van der Waals surface area contributed by atoms with E-state index >= 15 is 0 Å². The zero-order valence-corrected chi connectivity index (χ0v) is 16.1. The van der Waals surface area contributed by atoms with Crippen molar-refractivity contribution in [2.24, 2.45) is 0 Å². The second-order valence-electron chi connectivity index (χ2n) is 6.19. The first kappa shape index (κ1) is 17.8. The van der Waals surface area contributed by atoms with Crippen LogP contribution in [0.2, 0.25) is 0 Å². The minimum Gasteiger partial charge on any atom is -0.493 e. The molecule has 0 aliphatic heterocycles. The molecule has 5 heteroatoms. The summed E-state index contributed by atoms with van der Waals surface area (Å²) in [6, 6.07) is 12.1. The van der Waals surface area contributed by atoms with Crippen LogP contribution >= 0.6 is 15.9 Å². The van der Waals surface area contributed by atoms with Crippen molar-refractivity contribution >= 4 is 21.8 Å². The molecule has 1 N–H and O–H groups in total. The van der Waals surface area contributed by atoms with Crippen LogP contribution < -0.4 is 14.8 Å². The van der Waals surface area contributed by atoms with Gasteiger partial charge in [-0.15, -0.1) is 0 Å². The molecule has 0 saturated carbocycles. The average molecular weight is 404 g/mol. The molecule has 0 fully saturated rings. The van der Waals surface area contributed by atoms with Crippen molar-refractivity contribution in [1.82, 2.24) is 5.32 Å². The molecule has 4 nitrogen and oxygen atoms in total. The number of benzene rings is 2. The number of hydrogen-bond acceptors (Lipinski definition) is 3. The maximum Gasteiger partial charge on any atom is 0.224 e. The molecule has 0 spiro atoms. The fourth-order valence-corrected chi connectivity index (χ4v) is 3.82. The lowest BCUT2D eigenvalue weighted by Crippen LogP contribution is -2.32. The van der Waals surface area contributed by atoms with Crippen LogP contribution in [0.4, 0.5) is 0 Å². The van der Waals surface area contributed by atoms with E-state index in [0.29, 0.717) is 17.9 Å². The molecule has 0 radical (unpaired) electrons. The van der Waals surface area contributed by atoms with Crippen molar-refractivity contribution in [3.8, 4) is 11.5 Å². The van der Waals surface area contributed by atoms with Gasteiger partial charge < -0.3 is 14.8 Å². The molecule has 3 rings (SSSR count). The summed E-state index contributed by atoms with van der Waals surface area (Å²) < 4.78 is 11.5. The van der Waals surface area contributed by atoms with Gasteiger partial charge in [0.05, 0.1) is 26.7 Å². The summed E-state index contributed by atoms with van der Waals surface area (Å²) in [6.07, 6.45) is 3.46. The molecule has 1 aliphatic rings. The molecule has 132 valence electrons. The summed E-state index contributed by atoms with van der Waals surface area (Å²) in [6.45, 7) is 0. The highest BCUT2D eigenvalue weighted by molar-refractivity contribution is 9.10. The van der Waals surface area contributed by atoms with Crippen molar-refractivity contribution < 1.29 is 14.3 Å². The fourth-order valence-electron chi connectivity index (χ4n) is 3.35. The van der Waals surface area contributed by atoms with Crippen LogP contribution in [-0.2, 0) is 17.6 Å². The first-order valence-corrected chi connectivity index (χ1v) is 9.19. The molecule has 0 heterocycles. The van der Waals surface area contributed by atoms with Crippen LogP contribution in [0.5, 0.6) is 11.5 Å². The summed E-state index contributed by atoms with van der Waals surface area (Å²) >= 11 is 3.52. The van der Waals surface area contributed by atoms with E-state index < -0.39 is 0 Å². The molecular formula is C20H22BrNO3. The quantitative estimate of drug-likeness (QED) is 0.813. The van der Waals surface area contributed by atoms with E-state index in [1.165, 1.54) is 11.1 Å². The van der Waals surface area contributed by atoms with E-state index in [9.17, 15) is 4.79 Å². The molecule has 0 bridgehead atoms. The highest BCUT2D eigenvalue weighted by atomic mass is 79.9. The molecule has 0 aromatic heterocycles. The number of hydrogen-bond donors (Lipinski definition) is 1. The van der Waals surface area contributed by atoms with Crippen LogP contribution in [0.1, 0.15) is 35.6 Å². The van der Waals surface area contributed by atoms with Gasteiger partial charge in [0.1, 0.15) is 0 Å². The lowest BCUT2D eigenvalue weighted by atomic mass is 9.87. The number of halogens is 1. The Kier molecular flexibility index (Phi) is 5.63. The first-order chi connectivity index (χ1) is 12.1. The Morgan fingerprint density at radius 2 is 1.92 bits per heavy atom. The molecule has 1 amide bonds. The van der Waals surface area contributed by atoms with Gasteiger partial charge in [-0.3, -0.25) is 4.79 Å². The van der Waals surface area contributed by atoms with E-state index in [0.717, 1.165) is 29.3 Å². The molecule has 2 aromatic carbocycles. The van der Waals surface area contributed by atoms with Crippen LogP contribution in [-0.4, -0.2) is 20.1 Å². The predicted molar refractivity (Wildman–Crippen MR) is 101 cm³/mol. The summed E-state index contributed by atoms with van der Waals surface area (Å²) in [5, 5.41) is 3.19. The van der Waals surface area contributed by atoms with E-state index in [2.05, 4.69) is 39.4 Å². The second-order valence-corrected chi connectivity index (χ2v) is 7.04. The smallest absolute Gasteiger partial charge is 0.224 e. The standard InChI is InChI=1S/C20H22BrNO3/c1-24-18-10-14(16(21)12-19(18)25-2)11-20(23)22-17-9-5-7-13-6-3-4-8-15(13)17/h3-4,6,8,10,12,17H,5,7,9,11H2,1-2H3,(H,22,23)/t17-/m1/s1. The van der Waals surface area contributed by atoms with Crippen molar-refractivity contribution in [1.29, 1.82) is 0 Å². The largest absolute Gasteiger partial charge is 0.493 e. The summed E-state index contributed by atoms with van der Waals surface area (Å²) in [5.74, 6) is 1.27. The van der Waals surface area contributed by atoms with Gasteiger partial charge in [-0.2, -0.15) is 0 Å². The average Bonchev–Trinajstić information content (AvgIpc) is 2.63. The Morgan fingerprint density at radius 3 is 2.68 bits per heavy atom. The highest BCUT2D eigenvalue weighted by Gasteiger charge is 2.22.